The fraction of sp³-hybridized carbons (Fsp3) is 0.409. The number of hydrogen-bond acceptors (Lipinski definition) is 2. The summed E-state index contributed by atoms with van der Waals surface area (Å²) in [6.07, 6.45) is 9.63. The van der Waals surface area contributed by atoms with Gasteiger partial charge in [-0.25, -0.2) is 0 Å². The second kappa shape index (κ2) is 8.68. The quantitative estimate of drug-likeness (QED) is 0.483. The van der Waals surface area contributed by atoms with E-state index in [-0.39, 0.29) is 0 Å². The summed E-state index contributed by atoms with van der Waals surface area (Å²) in [4.78, 5) is 5.51. The Labute approximate surface area is 145 Å². The molecule has 0 bridgehead atoms. The van der Waals surface area contributed by atoms with Gasteiger partial charge in [0.25, 0.3) is 0 Å². The minimum atomic E-state index is 0.520. The number of benzene rings is 2. The van der Waals surface area contributed by atoms with E-state index in [2.05, 4.69) is 60.6 Å². The molecule has 1 saturated carbocycles. The van der Waals surface area contributed by atoms with Crippen molar-refractivity contribution in [3.63, 3.8) is 0 Å². The van der Waals surface area contributed by atoms with E-state index in [4.69, 9.17) is 4.84 Å². The Morgan fingerprint density at radius 2 is 1.67 bits per heavy atom. The molecule has 0 heterocycles. The largest absolute Gasteiger partial charge is 0.391 e. The van der Waals surface area contributed by atoms with Crippen LogP contribution in [0.4, 0.5) is 0 Å². The van der Waals surface area contributed by atoms with Crippen molar-refractivity contribution < 1.29 is 4.84 Å². The van der Waals surface area contributed by atoms with E-state index in [1.54, 1.807) is 0 Å². The average Bonchev–Trinajstić information content (AvgIpc) is 2.67. The van der Waals surface area contributed by atoms with E-state index >= 15 is 0 Å². The lowest BCUT2D eigenvalue weighted by molar-refractivity contribution is 0.132. The van der Waals surface area contributed by atoms with Gasteiger partial charge >= 0.3 is 0 Å². The molecule has 0 atom stereocenters. The highest BCUT2D eigenvalue weighted by molar-refractivity contribution is 5.81. The van der Waals surface area contributed by atoms with Crippen LogP contribution in [-0.4, -0.2) is 6.21 Å². The second-order valence-electron chi connectivity index (χ2n) is 6.64. The summed E-state index contributed by atoms with van der Waals surface area (Å²) in [5.74, 6) is 0.683. The lowest BCUT2D eigenvalue weighted by Gasteiger charge is -2.23. The van der Waals surface area contributed by atoms with E-state index in [0.29, 0.717) is 12.5 Å². The summed E-state index contributed by atoms with van der Waals surface area (Å²) in [6, 6.07) is 17.2. The molecule has 0 aromatic heterocycles. The lowest BCUT2D eigenvalue weighted by Crippen LogP contribution is -2.07. The maximum absolute atomic E-state index is 5.51. The van der Waals surface area contributed by atoms with Crippen LogP contribution in [0.2, 0.25) is 0 Å². The maximum Gasteiger partial charge on any atom is 0.142 e. The van der Waals surface area contributed by atoms with E-state index in [1.165, 1.54) is 48.8 Å². The molecule has 2 aromatic carbocycles. The standard InChI is InChI=1S/C22H27NO/c1-2-18-12-14-19(15-13-18)17-24-23-16-21-10-6-7-11-22(21)20-8-4-3-5-9-20/h6-7,10-16,20H,2-5,8-9,17H2,1H3. The Balaban J connectivity index is 1.59. The van der Waals surface area contributed by atoms with Gasteiger partial charge in [0.2, 0.25) is 0 Å². The average molecular weight is 321 g/mol. The third-order valence-corrected chi connectivity index (χ3v) is 4.97. The predicted octanol–water partition coefficient (Wildman–Crippen LogP) is 5.85. The van der Waals surface area contributed by atoms with Crippen molar-refractivity contribution in [2.75, 3.05) is 0 Å². The molecule has 3 rings (SSSR count). The Kier molecular flexibility index (Phi) is 6.06. The molecule has 0 N–H and O–H groups in total. The van der Waals surface area contributed by atoms with Crippen LogP contribution in [0.25, 0.3) is 0 Å². The highest BCUT2D eigenvalue weighted by Gasteiger charge is 2.17. The van der Waals surface area contributed by atoms with Gasteiger partial charge in [-0.3, -0.25) is 0 Å². The van der Waals surface area contributed by atoms with Crippen LogP contribution in [0, 0.1) is 0 Å². The topological polar surface area (TPSA) is 21.6 Å². The number of rotatable bonds is 6. The van der Waals surface area contributed by atoms with Crippen LogP contribution in [-0.2, 0) is 17.9 Å². The molecule has 2 heteroatoms. The molecule has 2 nitrogen and oxygen atoms in total. The van der Waals surface area contributed by atoms with Crippen LogP contribution < -0.4 is 0 Å². The van der Waals surface area contributed by atoms with Gasteiger partial charge in [-0.05, 0) is 47.4 Å². The van der Waals surface area contributed by atoms with Crippen molar-refractivity contribution in [2.45, 2.75) is 58.0 Å². The maximum atomic E-state index is 5.51. The first-order chi connectivity index (χ1) is 11.9. The summed E-state index contributed by atoms with van der Waals surface area (Å²) in [6.45, 7) is 2.69. The Morgan fingerprint density at radius 1 is 0.958 bits per heavy atom. The highest BCUT2D eigenvalue weighted by atomic mass is 16.6. The number of aryl methyl sites for hydroxylation is 1. The van der Waals surface area contributed by atoms with Gasteiger partial charge in [0, 0.05) is 0 Å². The van der Waals surface area contributed by atoms with Gasteiger partial charge in [0.15, 0.2) is 0 Å². The summed E-state index contributed by atoms with van der Waals surface area (Å²) in [5, 5.41) is 4.21. The van der Waals surface area contributed by atoms with E-state index < -0.39 is 0 Å². The molecule has 1 fully saturated rings. The molecule has 1 aliphatic carbocycles. The molecule has 0 amide bonds. The summed E-state index contributed by atoms with van der Waals surface area (Å²) in [5.41, 5.74) is 5.14. The van der Waals surface area contributed by atoms with Crippen molar-refractivity contribution >= 4 is 6.21 Å². The summed E-state index contributed by atoms with van der Waals surface area (Å²) >= 11 is 0. The lowest BCUT2D eigenvalue weighted by atomic mass is 9.82. The zero-order chi connectivity index (χ0) is 16.6. The zero-order valence-electron chi connectivity index (χ0n) is 14.6. The van der Waals surface area contributed by atoms with Crippen molar-refractivity contribution in [1.29, 1.82) is 0 Å². The summed E-state index contributed by atoms with van der Waals surface area (Å²) < 4.78 is 0. The molecule has 0 unspecified atom stereocenters. The number of oxime groups is 1. The van der Waals surface area contributed by atoms with Crippen molar-refractivity contribution in [3.05, 3.63) is 70.8 Å². The normalized spacial score (nSPS) is 15.7. The van der Waals surface area contributed by atoms with E-state index in [1.807, 2.05) is 6.21 Å². The molecule has 0 radical (unpaired) electrons. The fourth-order valence-electron chi connectivity index (χ4n) is 3.49. The highest BCUT2D eigenvalue weighted by Crippen LogP contribution is 2.33. The van der Waals surface area contributed by atoms with Crippen LogP contribution in [0.1, 0.15) is 67.2 Å². The Morgan fingerprint density at radius 3 is 2.42 bits per heavy atom. The second-order valence-corrected chi connectivity index (χ2v) is 6.64. The van der Waals surface area contributed by atoms with Crippen LogP contribution in [0.15, 0.2) is 53.7 Å². The molecule has 1 aliphatic rings. The number of nitrogens with zero attached hydrogens (tertiary/aromatic N) is 1. The van der Waals surface area contributed by atoms with Gasteiger partial charge in [0.05, 0.1) is 6.21 Å². The first kappa shape index (κ1) is 16.8. The molecule has 0 saturated heterocycles. The SMILES string of the molecule is CCc1ccc(CON=Cc2ccccc2C2CCCCC2)cc1. The van der Waals surface area contributed by atoms with Gasteiger partial charge in [0.1, 0.15) is 6.61 Å². The van der Waals surface area contributed by atoms with E-state index in [9.17, 15) is 0 Å². The molecular weight excluding hydrogens is 294 g/mol. The zero-order valence-corrected chi connectivity index (χ0v) is 14.6. The van der Waals surface area contributed by atoms with Crippen molar-refractivity contribution in [3.8, 4) is 0 Å². The fourth-order valence-corrected chi connectivity index (χ4v) is 3.49. The third kappa shape index (κ3) is 4.47. The minimum absolute atomic E-state index is 0.520. The first-order valence-corrected chi connectivity index (χ1v) is 9.19. The molecular formula is C22H27NO. The Bertz CT molecular complexity index is 654. The monoisotopic (exact) mass is 321 g/mol. The van der Waals surface area contributed by atoms with Gasteiger partial charge in [-0.15, -0.1) is 0 Å². The van der Waals surface area contributed by atoms with Gasteiger partial charge < -0.3 is 4.84 Å². The first-order valence-electron chi connectivity index (χ1n) is 9.19. The van der Waals surface area contributed by atoms with Crippen LogP contribution in [0.3, 0.4) is 0 Å². The number of hydrogen-bond donors (Lipinski definition) is 0. The third-order valence-electron chi connectivity index (χ3n) is 4.97. The Hall–Kier alpha value is -2.09. The summed E-state index contributed by atoms with van der Waals surface area (Å²) in [7, 11) is 0. The molecule has 126 valence electrons. The van der Waals surface area contributed by atoms with E-state index in [0.717, 1.165) is 12.0 Å². The van der Waals surface area contributed by atoms with Crippen molar-refractivity contribution in [2.24, 2.45) is 5.16 Å². The van der Waals surface area contributed by atoms with Crippen LogP contribution in [0.5, 0.6) is 0 Å². The van der Waals surface area contributed by atoms with Gasteiger partial charge in [-0.2, -0.15) is 0 Å². The smallest absolute Gasteiger partial charge is 0.142 e. The van der Waals surface area contributed by atoms with Gasteiger partial charge in [-0.1, -0.05) is 79.9 Å². The molecule has 2 aromatic rings. The minimum Gasteiger partial charge on any atom is -0.391 e. The van der Waals surface area contributed by atoms with Crippen molar-refractivity contribution in [1.82, 2.24) is 0 Å². The molecule has 0 aliphatic heterocycles. The van der Waals surface area contributed by atoms with Crippen LogP contribution >= 0.6 is 0 Å². The predicted molar refractivity (Wildman–Crippen MR) is 100 cm³/mol. The molecule has 24 heavy (non-hydrogen) atoms. The molecule has 0 spiro atoms.